The van der Waals surface area contributed by atoms with Crippen LogP contribution in [0, 0.1) is 0 Å². The molecule has 1 unspecified atom stereocenters. The number of hydrogen-bond acceptors (Lipinski definition) is 2. The van der Waals surface area contributed by atoms with Crippen molar-refractivity contribution in [3.8, 4) is 0 Å². The summed E-state index contributed by atoms with van der Waals surface area (Å²) in [7, 11) is 0. The maximum atomic E-state index is 11.4. The van der Waals surface area contributed by atoms with Crippen molar-refractivity contribution in [3.05, 3.63) is 29.8 Å². The molecule has 0 heterocycles. The quantitative estimate of drug-likeness (QED) is 0.739. The van der Waals surface area contributed by atoms with E-state index in [9.17, 15) is 4.79 Å². The summed E-state index contributed by atoms with van der Waals surface area (Å²) in [5, 5.41) is 2.79. The number of nitrogens with one attached hydrogen (secondary N) is 1. The first-order valence-corrected chi connectivity index (χ1v) is 5.25. The molecule has 0 aromatic heterocycles. The molecule has 0 aliphatic rings. The summed E-state index contributed by atoms with van der Waals surface area (Å²) in [6.07, 6.45) is 0.526. The van der Waals surface area contributed by atoms with Crippen molar-refractivity contribution in [3.63, 3.8) is 0 Å². The molecular weight excluding hydrogens is 188 g/mol. The van der Waals surface area contributed by atoms with E-state index < -0.39 is 0 Å². The van der Waals surface area contributed by atoms with Crippen molar-refractivity contribution in [1.29, 1.82) is 0 Å². The third kappa shape index (κ3) is 3.62. The van der Waals surface area contributed by atoms with Gasteiger partial charge in [0.05, 0.1) is 0 Å². The number of nitrogen functional groups attached to an aromatic ring is 1. The summed E-state index contributed by atoms with van der Waals surface area (Å²) in [5.41, 5.74) is 7.50. The van der Waals surface area contributed by atoms with Crippen molar-refractivity contribution < 1.29 is 4.79 Å². The van der Waals surface area contributed by atoms with Crippen molar-refractivity contribution in [2.45, 2.75) is 26.2 Å². The Labute approximate surface area is 90.7 Å². The van der Waals surface area contributed by atoms with Crippen LogP contribution in [0.25, 0.3) is 0 Å². The fourth-order valence-electron chi connectivity index (χ4n) is 1.49. The highest BCUT2D eigenvalue weighted by Gasteiger charge is 2.09. The maximum absolute atomic E-state index is 11.4. The van der Waals surface area contributed by atoms with Crippen molar-refractivity contribution >= 4 is 11.6 Å². The Morgan fingerprint density at radius 2 is 2.00 bits per heavy atom. The number of amides is 1. The molecule has 0 fully saturated rings. The molecule has 3 nitrogen and oxygen atoms in total. The Morgan fingerprint density at radius 3 is 2.53 bits per heavy atom. The smallest absolute Gasteiger partial charge is 0.220 e. The van der Waals surface area contributed by atoms with E-state index in [0.717, 1.165) is 11.3 Å². The molecule has 3 heteroatoms. The van der Waals surface area contributed by atoms with Crippen LogP contribution in [0.5, 0.6) is 0 Å². The first-order chi connectivity index (χ1) is 7.13. The monoisotopic (exact) mass is 206 g/mol. The fraction of sp³-hybridized carbons (Fsp3) is 0.417. The molecule has 82 valence electrons. The van der Waals surface area contributed by atoms with E-state index in [1.54, 1.807) is 0 Å². The molecule has 1 aromatic carbocycles. The van der Waals surface area contributed by atoms with Gasteiger partial charge in [-0.25, -0.2) is 0 Å². The van der Waals surface area contributed by atoms with Crippen LogP contribution in [0.3, 0.4) is 0 Å². The Bertz CT molecular complexity index is 319. The van der Waals surface area contributed by atoms with E-state index in [1.807, 2.05) is 38.1 Å². The SMILES string of the molecule is CCNC(=O)CC(C)c1ccc(N)cc1. The third-order valence-corrected chi connectivity index (χ3v) is 2.37. The lowest BCUT2D eigenvalue weighted by atomic mass is 9.97. The lowest BCUT2D eigenvalue weighted by molar-refractivity contribution is -0.121. The molecule has 0 aliphatic carbocycles. The van der Waals surface area contributed by atoms with E-state index in [-0.39, 0.29) is 11.8 Å². The van der Waals surface area contributed by atoms with Gasteiger partial charge in [0.2, 0.25) is 5.91 Å². The van der Waals surface area contributed by atoms with E-state index in [1.165, 1.54) is 0 Å². The van der Waals surface area contributed by atoms with Crippen molar-refractivity contribution in [1.82, 2.24) is 5.32 Å². The minimum absolute atomic E-state index is 0.0989. The standard InChI is InChI=1S/C12H18N2O/c1-3-14-12(15)8-9(2)10-4-6-11(13)7-5-10/h4-7,9H,3,8,13H2,1-2H3,(H,14,15). The van der Waals surface area contributed by atoms with Gasteiger partial charge in [-0.1, -0.05) is 19.1 Å². The molecule has 1 rings (SSSR count). The van der Waals surface area contributed by atoms with Crippen LogP contribution in [0.4, 0.5) is 5.69 Å². The van der Waals surface area contributed by atoms with Crippen LogP contribution in [-0.2, 0) is 4.79 Å². The summed E-state index contributed by atoms with van der Waals surface area (Å²) in [5.74, 6) is 0.332. The lowest BCUT2D eigenvalue weighted by Gasteiger charge is -2.11. The summed E-state index contributed by atoms with van der Waals surface area (Å²) in [4.78, 5) is 11.4. The van der Waals surface area contributed by atoms with Crippen LogP contribution < -0.4 is 11.1 Å². The molecule has 0 aliphatic heterocycles. The molecule has 3 N–H and O–H groups in total. The first-order valence-electron chi connectivity index (χ1n) is 5.25. The van der Waals surface area contributed by atoms with Gasteiger partial charge in [-0.3, -0.25) is 4.79 Å². The number of carbonyl (C=O) groups is 1. The molecule has 1 amide bonds. The van der Waals surface area contributed by atoms with Crippen LogP contribution in [0.2, 0.25) is 0 Å². The van der Waals surface area contributed by atoms with E-state index in [4.69, 9.17) is 5.73 Å². The average molecular weight is 206 g/mol. The Morgan fingerprint density at radius 1 is 1.40 bits per heavy atom. The van der Waals surface area contributed by atoms with Gasteiger partial charge in [-0.05, 0) is 30.5 Å². The highest BCUT2D eigenvalue weighted by atomic mass is 16.1. The number of anilines is 1. The van der Waals surface area contributed by atoms with Crippen LogP contribution in [-0.4, -0.2) is 12.5 Å². The Balaban J connectivity index is 2.57. The number of rotatable bonds is 4. The zero-order valence-electron chi connectivity index (χ0n) is 9.29. The topological polar surface area (TPSA) is 55.1 Å². The van der Waals surface area contributed by atoms with Crippen molar-refractivity contribution in [2.75, 3.05) is 12.3 Å². The van der Waals surface area contributed by atoms with Gasteiger partial charge < -0.3 is 11.1 Å². The second-order valence-electron chi connectivity index (χ2n) is 3.73. The maximum Gasteiger partial charge on any atom is 0.220 e. The van der Waals surface area contributed by atoms with Crippen molar-refractivity contribution in [2.24, 2.45) is 0 Å². The zero-order valence-corrected chi connectivity index (χ0v) is 9.29. The molecule has 0 bridgehead atoms. The molecule has 1 atom stereocenters. The van der Waals surface area contributed by atoms with E-state index in [0.29, 0.717) is 13.0 Å². The predicted molar refractivity (Wildman–Crippen MR) is 62.6 cm³/mol. The molecule has 0 radical (unpaired) electrons. The Kier molecular flexibility index (Phi) is 4.16. The largest absolute Gasteiger partial charge is 0.399 e. The molecule has 15 heavy (non-hydrogen) atoms. The van der Waals surface area contributed by atoms with Gasteiger partial charge in [0.1, 0.15) is 0 Å². The normalized spacial score (nSPS) is 12.1. The minimum Gasteiger partial charge on any atom is -0.399 e. The summed E-state index contributed by atoms with van der Waals surface area (Å²) >= 11 is 0. The Hall–Kier alpha value is -1.51. The highest BCUT2D eigenvalue weighted by molar-refractivity contribution is 5.76. The molecule has 0 saturated heterocycles. The summed E-state index contributed by atoms with van der Waals surface area (Å²) < 4.78 is 0. The number of hydrogen-bond donors (Lipinski definition) is 2. The van der Waals surface area contributed by atoms with Gasteiger partial charge in [0.15, 0.2) is 0 Å². The van der Waals surface area contributed by atoms with E-state index in [2.05, 4.69) is 5.32 Å². The number of nitrogens with two attached hydrogens (primary N) is 1. The summed E-state index contributed by atoms with van der Waals surface area (Å²) in [6, 6.07) is 7.67. The van der Waals surface area contributed by atoms with Crippen LogP contribution in [0.1, 0.15) is 31.7 Å². The first kappa shape index (κ1) is 11.6. The minimum atomic E-state index is 0.0989. The molecule has 1 aromatic rings. The van der Waals surface area contributed by atoms with Gasteiger partial charge >= 0.3 is 0 Å². The second-order valence-corrected chi connectivity index (χ2v) is 3.73. The van der Waals surface area contributed by atoms with Gasteiger partial charge in [0, 0.05) is 18.7 Å². The van der Waals surface area contributed by atoms with Gasteiger partial charge in [-0.2, -0.15) is 0 Å². The van der Waals surface area contributed by atoms with Crippen LogP contribution in [0.15, 0.2) is 24.3 Å². The van der Waals surface area contributed by atoms with E-state index >= 15 is 0 Å². The van der Waals surface area contributed by atoms with Gasteiger partial charge in [0.25, 0.3) is 0 Å². The van der Waals surface area contributed by atoms with Gasteiger partial charge in [-0.15, -0.1) is 0 Å². The number of carbonyl (C=O) groups excluding carboxylic acids is 1. The zero-order chi connectivity index (χ0) is 11.3. The highest BCUT2D eigenvalue weighted by Crippen LogP contribution is 2.19. The lowest BCUT2D eigenvalue weighted by Crippen LogP contribution is -2.23. The summed E-state index contributed by atoms with van der Waals surface area (Å²) in [6.45, 7) is 4.65. The molecule has 0 spiro atoms. The predicted octanol–water partition coefficient (Wildman–Crippen LogP) is 1.90. The third-order valence-electron chi connectivity index (χ3n) is 2.37. The molecule has 0 saturated carbocycles. The average Bonchev–Trinajstić information content (AvgIpc) is 2.18. The molecular formula is C12H18N2O. The number of benzene rings is 1. The van der Waals surface area contributed by atoms with Crippen LogP contribution >= 0.6 is 0 Å². The fourth-order valence-corrected chi connectivity index (χ4v) is 1.49. The second kappa shape index (κ2) is 5.39.